The number of halogens is 1. The lowest BCUT2D eigenvalue weighted by Gasteiger charge is -2.10. The van der Waals surface area contributed by atoms with Gasteiger partial charge in [0.1, 0.15) is 0 Å². The van der Waals surface area contributed by atoms with Crippen LogP contribution in [0.1, 0.15) is 16.7 Å². The number of anilines is 1. The second-order valence-corrected chi connectivity index (χ2v) is 5.08. The standard InChI is InChI=1S/C16H16ClN3O/c1-11-4-3-5-12(2)15(11)19-16(21)20-18-10-13-6-8-14(17)9-7-13/h3-10H,1-2H3,(H2,19,20,21)/b18-10+. The van der Waals surface area contributed by atoms with Crippen molar-refractivity contribution in [2.75, 3.05) is 5.32 Å². The van der Waals surface area contributed by atoms with E-state index in [1.54, 1.807) is 18.3 Å². The maximum Gasteiger partial charge on any atom is 0.339 e. The van der Waals surface area contributed by atoms with Crippen LogP contribution in [0.15, 0.2) is 47.6 Å². The Balaban J connectivity index is 1.95. The van der Waals surface area contributed by atoms with Gasteiger partial charge in [-0.25, -0.2) is 10.2 Å². The zero-order valence-electron chi connectivity index (χ0n) is 11.9. The molecular weight excluding hydrogens is 286 g/mol. The second-order valence-electron chi connectivity index (χ2n) is 4.64. The fourth-order valence-electron chi connectivity index (χ4n) is 1.87. The van der Waals surface area contributed by atoms with E-state index in [9.17, 15) is 4.79 Å². The average Bonchev–Trinajstić information content (AvgIpc) is 2.45. The van der Waals surface area contributed by atoms with Crippen LogP contribution in [0.3, 0.4) is 0 Å². The summed E-state index contributed by atoms with van der Waals surface area (Å²) in [6, 6.07) is 12.6. The number of aryl methyl sites for hydroxylation is 2. The predicted octanol–water partition coefficient (Wildman–Crippen LogP) is 4.11. The van der Waals surface area contributed by atoms with E-state index in [4.69, 9.17) is 11.6 Å². The summed E-state index contributed by atoms with van der Waals surface area (Å²) in [6.07, 6.45) is 1.56. The first-order valence-electron chi connectivity index (χ1n) is 6.48. The van der Waals surface area contributed by atoms with Crippen molar-refractivity contribution in [3.8, 4) is 0 Å². The molecule has 0 saturated carbocycles. The van der Waals surface area contributed by atoms with Crippen molar-refractivity contribution in [3.63, 3.8) is 0 Å². The largest absolute Gasteiger partial charge is 0.339 e. The molecule has 0 aromatic heterocycles. The molecular formula is C16H16ClN3O. The third-order valence-electron chi connectivity index (χ3n) is 2.97. The van der Waals surface area contributed by atoms with Crippen LogP contribution in [0.4, 0.5) is 10.5 Å². The lowest BCUT2D eigenvalue weighted by atomic mass is 10.1. The highest BCUT2D eigenvalue weighted by Crippen LogP contribution is 2.18. The molecule has 5 heteroatoms. The molecule has 0 heterocycles. The molecule has 4 nitrogen and oxygen atoms in total. The van der Waals surface area contributed by atoms with E-state index in [0.29, 0.717) is 5.02 Å². The van der Waals surface area contributed by atoms with Gasteiger partial charge >= 0.3 is 6.03 Å². The fraction of sp³-hybridized carbons (Fsp3) is 0.125. The van der Waals surface area contributed by atoms with Crippen LogP contribution < -0.4 is 10.7 Å². The Morgan fingerprint density at radius 3 is 2.33 bits per heavy atom. The van der Waals surface area contributed by atoms with Crippen molar-refractivity contribution in [3.05, 3.63) is 64.2 Å². The summed E-state index contributed by atoms with van der Waals surface area (Å²) >= 11 is 5.79. The van der Waals surface area contributed by atoms with Gasteiger partial charge in [-0.05, 0) is 42.7 Å². The minimum atomic E-state index is -0.377. The first kappa shape index (κ1) is 15.1. The van der Waals surface area contributed by atoms with Crippen molar-refractivity contribution in [1.29, 1.82) is 0 Å². The Labute approximate surface area is 128 Å². The van der Waals surface area contributed by atoms with E-state index < -0.39 is 0 Å². The van der Waals surface area contributed by atoms with Gasteiger partial charge in [0.2, 0.25) is 0 Å². The lowest BCUT2D eigenvalue weighted by Crippen LogP contribution is -2.25. The molecule has 0 aliphatic heterocycles. The zero-order valence-corrected chi connectivity index (χ0v) is 12.6. The van der Waals surface area contributed by atoms with Crippen LogP contribution in [-0.4, -0.2) is 12.2 Å². The van der Waals surface area contributed by atoms with E-state index in [1.165, 1.54) is 0 Å². The van der Waals surface area contributed by atoms with Gasteiger partial charge in [-0.2, -0.15) is 5.10 Å². The molecule has 2 N–H and O–H groups in total. The molecule has 2 aromatic rings. The molecule has 0 unspecified atom stereocenters. The highest BCUT2D eigenvalue weighted by Gasteiger charge is 2.05. The van der Waals surface area contributed by atoms with Gasteiger partial charge in [0.05, 0.1) is 6.21 Å². The summed E-state index contributed by atoms with van der Waals surface area (Å²) in [6.45, 7) is 3.89. The Morgan fingerprint density at radius 2 is 1.71 bits per heavy atom. The molecule has 21 heavy (non-hydrogen) atoms. The van der Waals surface area contributed by atoms with E-state index >= 15 is 0 Å². The molecule has 2 rings (SSSR count). The van der Waals surface area contributed by atoms with Crippen LogP contribution in [0.25, 0.3) is 0 Å². The van der Waals surface area contributed by atoms with Crippen molar-refractivity contribution < 1.29 is 4.79 Å². The molecule has 0 spiro atoms. The smallest absolute Gasteiger partial charge is 0.306 e. The monoisotopic (exact) mass is 301 g/mol. The normalized spacial score (nSPS) is 10.6. The van der Waals surface area contributed by atoms with Crippen molar-refractivity contribution in [2.24, 2.45) is 5.10 Å². The van der Waals surface area contributed by atoms with Crippen molar-refractivity contribution in [2.45, 2.75) is 13.8 Å². The van der Waals surface area contributed by atoms with Gasteiger partial charge in [-0.3, -0.25) is 0 Å². The van der Waals surface area contributed by atoms with Gasteiger partial charge in [0.25, 0.3) is 0 Å². The molecule has 0 saturated heterocycles. The topological polar surface area (TPSA) is 53.5 Å². The van der Waals surface area contributed by atoms with Crippen molar-refractivity contribution in [1.82, 2.24) is 5.43 Å². The molecule has 0 atom stereocenters. The van der Waals surface area contributed by atoms with E-state index in [0.717, 1.165) is 22.4 Å². The molecule has 2 aromatic carbocycles. The summed E-state index contributed by atoms with van der Waals surface area (Å²) in [7, 11) is 0. The number of carbonyl (C=O) groups excluding carboxylic acids is 1. The van der Waals surface area contributed by atoms with E-state index in [-0.39, 0.29) is 6.03 Å². The number of nitrogens with one attached hydrogen (secondary N) is 2. The first-order valence-corrected chi connectivity index (χ1v) is 6.86. The predicted molar refractivity (Wildman–Crippen MR) is 87.1 cm³/mol. The summed E-state index contributed by atoms with van der Waals surface area (Å²) in [4.78, 5) is 11.8. The van der Waals surface area contributed by atoms with Crippen LogP contribution in [0.5, 0.6) is 0 Å². The highest BCUT2D eigenvalue weighted by molar-refractivity contribution is 6.30. The minimum Gasteiger partial charge on any atom is -0.306 e. The van der Waals surface area contributed by atoms with Crippen LogP contribution >= 0.6 is 11.6 Å². The molecule has 108 valence electrons. The Morgan fingerprint density at radius 1 is 1.10 bits per heavy atom. The number of benzene rings is 2. The number of para-hydroxylation sites is 1. The quantitative estimate of drug-likeness (QED) is 0.650. The SMILES string of the molecule is Cc1cccc(C)c1NC(=O)N/N=C/c1ccc(Cl)cc1. The average molecular weight is 302 g/mol. The summed E-state index contributed by atoms with van der Waals surface area (Å²) in [5.41, 5.74) is 6.10. The molecule has 0 aliphatic rings. The molecule has 0 fully saturated rings. The number of hydrogen-bond donors (Lipinski definition) is 2. The van der Waals surface area contributed by atoms with Gasteiger partial charge < -0.3 is 5.32 Å². The number of hydrazone groups is 1. The number of rotatable bonds is 3. The summed E-state index contributed by atoms with van der Waals surface area (Å²) in [5.74, 6) is 0. The van der Waals surface area contributed by atoms with Crippen molar-refractivity contribution >= 4 is 29.5 Å². The fourth-order valence-corrected chi connectivity index (χ4v) is 1.99. The maximum atomic E-state index is 11.8. The second kappa shape index (κ2) is 6.90. The number of amides is 2. The van der Waals surface area contributed by atoms with Gasteiger partial charge in [-0.15, -0.1) is 0 Å². The number of carbonyl (C=O) groups is 1. The molecule has 0 radical (unpaired) electrons. The summed E-state index contributed by atoms with van der Waals surface area (Å²) < 4.78 is 0. The van der Waals surface area contributed by atoms with Gasteiger partial charge in [0.15, 0.2) is 0 Å². The summed E-state index contributed by atoms with van der Waals surface area (Å²) in [5, 5.41) is 7.35. The molecule has 2 amide bonds. The Bertz CT molecular complexity index is 645. The van der Waals surface area contributed by atoms with Gasteiger partial charge in [-0.1, -0.05) is 41.9 Å². The number of urea groups is 1. The van der Waals surface area contributed by atoms with Crippen LogP contribution in [-0.2, 0) is 0 Å². The Hall–Kier alpha value is -2.33. The molecule has 0 bridgehead atoms. The van der Waals surface area contributed by atoms with E-state index in [2.05, 4.69) is 15.8 Å². The highest BCUT2D eigenvalue weighted by atomic mass is 35.5. The van der Waals surface area contributed by atoms with Crippen LogP contribution in [0.2, 0.25) is 5.02 Å². The molecule has 0 aliphatic carbocycles. The van der Waals surface area contributed by atoms with Crippen LogP contribution in [0, 0.1) is 13.8 Å². The lowest BCUT2D eigenvalue weighted by molar-refractivity contribution is 0.252. The minimum absolute atomic E-state index is 0.377. The van der Waals surface area contributed by atoms with Gasteiger partial charge in [0, 0.05) is 10.7 Å². The Kier molecular flexibility index (Phi) is 4.95. The maximum absolute atomic E-state index is 11.8. The zero-order chi connectivity index (χ0) is 15.2. The third kappa shape index (κ3) is 4.33. The number of nitrogens with zero attached hydrogens (tertiary/aromatic N) is 1. The third-order valence-corrected chi connectivity index (χ3v) is 3.22. The number of hydrogen-bond acceptors (Lipinski definition) is 2. The first-order chi connectivity index (χ1) is 10.1. The van der Waals surface area contributed by atoms with E-state index in [1.807, 2.05) is 44.2 Å².